The summed E-state index contributed by atoms with van der Waals surface area (Å²) in [5.41, 5.74) is 5.04. The third kappa shape index (κ3) is 2.24. The first kappa shape index (κ1) is 14.9. The number of nitrogens with zero attached hydrogens (tertiary/aromatic N) is 3. The number of carbonyl (C=O) groups excluding carboxylic acids is 1. The van der Waals surface area contributed by atoms with Crippen molar-refractivity contribution in [1.29, 1.82) is 0 Å². The maximum absolute atomic E-state index is 12.2. The number of hydrogen-bond donors (Lipinski definition) is 0. The van der Waals surface area contributed by atoms with Crippen molar-refractivity contribution < 1.29 is 4.79 Å². The third-order valence-corrected chi connectivity index (χ3v) is 4.46. The number of aromatic nitrogens is 1. The Hall–Kier alpha value is -2.07. The molecule has 1 aromatic heterocycles. The van der Waals surface area contributed by atoms with E-state index in [0.29, 0.717) is 10.7 Å². The molecule has 114 valence electrons. The Morgan fingerprint density at radius 3 is 2.68 bits per heavy atom. The Labute approximate surface area is 135 Å². The number of pyridine rings is 1. The van der Waals surface area contributed by atoms with Gasteiger partial charge in [0.25, 0.3) is 5.91 Å². The predicted octanol–water partition coefficient (Wildman–Crippen LogP) is 3.61. The lowest BCUT2D eigenvalue weighted by Crippen LogP contribution is -2.27. The second kappa shape index (κ2) is 5.29. The fourth-order valence-electron chi connectivity index (χ4n) is 2.87. The van der Waals surface area contributed by atoms with Gasteiger partial charge in [0.2, 0.25) is 0 Å². The Morgan fingerprint density at radius 1 is 1.27 bits per heavy atom. The van der Waals surface area contributed by atoms with E-state index in [-0.39, 0.29) is 11.9 Å². The molecule has 5 heteroatoms. The van der Waals surface area contributed by atoms with Crippen LogP contribution in [0.2, 0.25) is 5.15 Å². The summed E-state index contributed by atoms with van der Waals surface area (Å²) in [7, 11) is 5.55. The summed E-state index contributed by atoms with van der Waals surface area (Å²) in [6.45, 7) is 2.12. The Balaban J connectivity index is 2.18. The molecule has 0 saturated heterocycles. The van der Waals surface area contributed by atoms with Crippen molar-refractivity contribution in [3.8, 4) is 11.1 Å². The highest BCUT2D eigenvalue weighted by Crippen LogP contribution is 2.44. The number of rotatable bonds is 1. The number of fused-ring (bicyclic) bond motifs is 3. The average molecular weight is 316 g/mol. The van der Waals surface area contributed by atoms with Crippen molar-refractivity contribution in [3.05, 3.63) is 46.7 Å². The summed E-state index contributed by atoms with van der Waals surface area (Å²) in [6.07, 6.45) is 1.81. The van der Waals surface area contributed by atoms with Crippen molar-refractivity contribution in [2.24, 2.45) is 0 Å². The van der Waals surface area contributed by atoms with Gasteiger partial charge in [0.1, 0.15) is 5.15 Å². The molecule has 0 fully saturated rings. The monoisotopic (exact) mass is 315 g/mol. The molecular formula is C17H18ClN3O. The van der Waals surface area contributed by atoms with Gasteiger partial charge in [0.05, 0.1) is 6.04 Å². The number of amides is 1. The molecule has 2 heterocycles. The van der Waals surface area contributed by atoms with E-state index in [1.165, 1.54) is 0 Å². The summed E-state index contributed by atoms with van der Waals surface area (Å²) in [5.74, 6) is 0.00359. The van der Waals surface area contributed by atoms with E-state index < -0.39 is 0 Å². The number of benzene rings is 1. The van der Waals surface area contributed by atoms with Gasteiger partial charge in [-0.3, -0.25) is 4.79 Å². The standard InChI is InChI=1S/C17H18ClN3O/c1-10-13-8-16(18)19-9-14(13)12-6-5-11(17(22)20(2)3)7-15(12)21(10)4/h5-10H,1-4H3. The van der Waals surface area contributed by atoms with E-state index in [0.717, 1.165) is 22.4 Å². The Bertz CT molecular complexity index is 758. The minimum atomic E-state index is 0.00359. The zero-order chi connectivity index (χ0) is 16.0. The average Bonchev–Trinajstić information content (AvgIpc) is 2.51. The van der Waals surface area contributed by atoms with Crippen LogP contribution in [0, 0.1) is 0 Å². The molecule has 0 bridgehead atoms. The molecule has 22 heavy (non-hydrogen) atoms. The van der Waals surface area contributed by atoms with E-state index in [2.05, 4.69) is 16.8 Å². The van der Waals surface area contributed by atoms with Crippen molar-refractivity contribution in [1.82, 2.24) is 9.88 Å². The van der Waals surface area contributed by atoms with Gasteiger partial charge in [-0.1, -0.05) is 17.7 Å². The van der Waals surface area contributed by atoms with Gasteiger partial charge in [0.15, 0.2) is 0 Å². The van der Waals surface area contributed by atoms with Gasteiger partial charge in [-0.2, -0.15) is 0 Å². The number of anilines is 1. The molecule has 3 rings (SSSR count). The first-order chi connectivity index (χ1) is 10.4. The molecular weight excluding hydrogens is 298 g/mol. The molecule has 4 nitrogen and oxygen atoms in total. The molecule has 0 aliphatic carbocycles. The van der Waals surface area contributed by atoms with Gasteiger partial charge < -0.3 is 9.80 Å². The molecule has 1 amide bonds. The summed E-state index contributed by atoms with van der Waals surface area (Å²) in [5, 5.41) is 0.502. The molecule has 2 aromatic rings. The molecule has 0 radical (unpaired) electrons. The highest BCUT2D eigenvalue weighted by Gasteiger charge is 2.27. The second-order valence-corrected chi connectivity index (χ2v) is 6.20. The van der Waals surface area contributed by atoms with Crippen molar-refractivity contribution >= 4 is 23.2 Å². The summed E-state index contributed by atoms with van der Waals surface area (Å²) >= 11 is 6.04. The molecule has 1 aliphatic rings. The fraction of sp³-hybridized carbons (Fsp3) is 0.294. The Morgan fingerprint density at radius 2 is 2.00 bits per heavy atom. The van der Waals surface area contributed by atoms with Gasteiger partial charge in [0, 0.05) is 49.7 Å². The second-order valence-electron chi connectivity index (χ2n) is 5.81. The third-order valence-electron chi connectivity index (χ3n) is 4.25. The molecule has 1 unspecified atom stereocenters. The highest BCUT2D eigenvalue weighted by atomic mass is 35.5. The zero-order valence-electron chi connectivity index (χ0n) is 13.1. The van der Waals surface area contributed by atoms with Crippen LogP contribution in [-0.2, 0) is 0 Å². The lowest BCUT2D eigenvalue weighted by atomic mass is 9.90. The molecule has 1 atom stereocenters. The van der Waals surface area contributed by atoms with Crippen molar-refractivity contribution in [3.63, 3.8) is 0 Å². The van der Waals surface area contributed by atoms with Crippen LogP contribution in [0.1, 0.15) is 28.9 Å². The van der Waals surface area contributed by atoms with Crippen molar-refractivity contribution in [2.75, 3.05) is 26.0 Å². The highest BCUT2D eigenvalue weighted by molar-refractivity contribution is 6.29. The smallest absolute Gasteiger partial charge is 0.253 e. The minimum Gasteiger partial charge on any atom is -0.367 e. The summed E-state index contributed by atoms with van der Waals surface area (Å²) in [4.78, 5) is 20.1. The van der Waals surface area contributed by atoms with Gasteiger partial charge in [-0.25, -0.2) is 4.98 Å². The van der Waals surface area contributed by atoms with Gasteiger partial charge in [-0.15, -0.1) is 0 Å². The zero-order valence-corrected chi connectivity index (χ0v) is 13.8. The van der Waals surface area contributed by atoms with E-state index in [9.17, 15) is 4.79 Å². The molecule has 1 aromatic carbocycles. The van der Waals surface area contributed by atoms with Crippen LogP contribution in [-0.4, -0.2) is 36.9 Å². The quantitative estimate of drug-likeness (QED) is 0.754. The maximum Gasteiger partial charge on any atom is 0.253 e. The van der Waals surface area contributed by atoms with E-state index in [4.69, 9.17) is 11.6 Å². The van der Waals surface area contributed by atoms with Crippen LogP contribution in [0.15, 0.2) is 30.5 Å². The number of halogens is 1. The minimum absolute atomic E-state index is 0.00359. The number of hydrogen-bond acceptors (Lipinski definition) is 3. The normalized spacial score (nSPS) is 16.0. The topological polar surface area (TPSA) is 36.4 Å². The Kier molecular flexibility index (Phi) is 3.57. The molecule has 1 aliphatic heterocycles. The lowest BCUT2D eigenvalue weighted by molar-refractivity contribution is 0.0827. The number of carbonyl (C=O) groups is 1. The SMILES string of the molecule is CC1c2cc(Cl)ncc2-c2ccc(C(=O)N(C)C)cc2N1C. The van der Waals surface area contributed by atoms with E-state index >= 15 is 0 Å². The van der Waals surface area contributed by atoms with Crippen LogP contribution in [0.5, 0.6) is 0 Å². The predicted molar refractivity (Wildman–Crippen MR) is 89.5 cm³/mol. The largest absolute Gasteiger partial charge is 0.367 e. The van der Waals surface area contributed by atoms with Crippen LogP contribution in [0.25, 0.3) is 11.1 Å². The molecule has 0 spiro atoms. The first-order valence-electron chi connectivity index (χ1n) is 7.14. The first-order valence-corrected chi connectivity index (χ1v) is 7.52. The van der Waals surface area contributed by atoms with E-state index in [1.807, 2.05) is 37.5 Å². The maximum atomic E-state index is 12.2. The van der Waals surface area contributed by atoms with Crippen LogP contribution < -0.4 is 4.90 Å². The van der Waals surface area contributed by atoms with Crippen molar-refractivity contribution in [2.45, 2.75) is 13.0 Å². The molecule has 0 N–H and O–H groups in total. The van der Waals surface area contributed by atoms with Crippen LogP contribution in [0.3, 0.4) is 0 Å². The fourth-order valence-corrected chi connectivity index (χ4v) is 3.04. The molecule has 0 saturated carbocycles. The van der Waals surface area contributed by atoms with Gasteiger partial charge >= 0.3 is 0 Å². The van der Waals surface area contributed by atoms with E-state index in [1.54, 1.807) is 19.0 Å². The lowest BCUT2D eigenvalue weighted by Gasteiger charge is -2.35. The summed E-state index contributed by atoms with van der Waals surface area (Å²) < 4.78 is 0. The summed E-state index contributed by atoms with van der Waals surface area (Å²) in [6, 6.07) is 7.89. The van der Waals surface area contributed by atoms with Gasteiger partial charge in [-0.05, 0) is 30.7 Å². The van der Waals surface area contributed by atoms with Crippen LogP contribution >= 0.6 is 11.6 Å². The van der Waals surface area contributed by atoms with Crippen LogP contribution in [0.4, 0.5) is 5.69 Å².